The molecule has 0 aliphatic heterocycles. The van der Waals surface area contributed by atoms with Gasteiger partial charge in [-0.3, -0.25) is 14.3 Å². The number of fused-ring (bicyclic) bond motifs is 2. The maximum atomic E-state index is 12.4. The molecule has 5 heteroatoms. The van der Waals surface area contributed by atoms with Gasteiger partial charge in [0.15, 0.2) is 0 Å². The Labute approximate surface area is 143 Å². The highest BCUT2D eigenvalue weighted by molar-refractivity contribution is 5.94. The second-order valence-electron chi connectivity index (χ2n) is 5.79. The molecular formula is C20H15N3O2. The molecule has 4 aromatic rings. The van der Waals surface area contributed by atoms with Gasteiger partial charge in [-0.1, -0.05) is 42.5 Å². The number of nitrogens with one attached hydrogen (secondary N) is 1. The molecule has 0 saturated carbocycles. The summed E-state index contributed by atoms with van der Waals surface area (Å²) >= 11 is 0. The van der Waals surface area contributed by atoms with Gasteiger partial charge in [0.05, 0.1) is 11.7 Å². The monoisotopic (exact) mass is 329 g/mol. The first-order valence-corrected chi connectivity index (χ1v) is 7.94. The summed E-state index contributed by atoms with van der Waals surface area (Å²) in [6.45, 7) is 0.0353. The van der Waals surface area contributed by atoms with Crippen LogP contribution in [-0.2, 0) is 11.3 Å². The first kappa shape index (κ1) is 15.1. The van der Waals surface area contributed by atoms with Crippen LogP contribution in [0.3, 0.4) is 0 Å². The van der Waals surface area contributed by atoms with E-state index in [1.165, 1.54) is 10.9 Å². The lowest BCUT2D eigenvalue weighted by molar-refractivity contribution is -0.116. The number of amides is 1. The van der Waals surface area contributed by atoms with Gasteiger partial charge in [-0.25, -0.2) is 0 Å². The van der Waals surface area contributed by atoms with E-state index in [9.17, 15) is 9.59 Å². The number of carbonyl (C=O) groups is 1. The molecule has 3 aromatic carbocycles. The molecule has 0 radical (unpaired) electrons. The summed E-state index contributed by atoms with van der Waals surface area (Å²) in [7, 11) is 0. The highest BCUT2D eigenvalue weighted by atomic mass is 16.2. The van der Waals surface area contributed by atoms with Crippen molar-refractivity contribution in [3.63, 3.8) is 0 Å². The fourth-order valence-electron chi connectivity index (χ4n) is 2.89. The molecule has 0 bridgehead atoms. The van der Waals surface area contributed by atoms with Crippen LogP contribution in [0.25, 0.3) is 21.7 Å². The molecule has 122 valence electrons. The Hall–Kier alpha value is -3.47. The van der Waals surface area contributed by atoms with E-state index in [2.05, 4.69) is 10.4 Å². The first-order chi connectivity index (χ1) is 12.2. The summed E-state index contributed by atoms with van der Waals surface area (Å²) in [5.74, 6) is -0.198. The minimum absolute atomic E-state index is 0.0353. The van der Waals surface area contributed by atoms with Crippen LogP contribution in [0, 0.1) is 0 Å². The lowest BCUT2D eigenvalue weighted by atomic mass is 10.1. The first-order valence-electron chi connectivity index (χ1n) is 7.94. The largest absolute Gasteiger partial charge is 0.324 e. The summed E-state index contributed by atoms with van der Waals surface area (Å²) in [5.41, 5.74) is 1.22. The molecule has 0 spiro atoms. The van der Waals surface area contributed by atoms with Crippen LogP contribution in [0.15, 0.2) is 77.7 Å². The quantitative estimate of drug-likeness (QED) is 0.628. The van der Waals surface area contributed by atoms with Crippen molar-refractivity contribution >= 4 is 33.3 Å². The predicted molar refractivity (Wildman–Crippen MR) is 98.6 cm³/mol. The molecule has 5 nitrogen and oxygen atoms in total. The van der Waals surface area contributed by atoms with Gasteiger partial charge in [0.1, 0.15) is 6.54 Å². The van der Waals surface area contributed by atoms with Crippen LogP contribution < -0.4 is 10.7 Å². The zero-order valence-electron chi connectivity index (χ0n) is 13.3. The third-order valence-corrected chi connectivity index (χ3v) is 4.09. The fraction of sp³-hybridized carbons (Fsp3) is 0.0500. The lowest BCUT2D eigenvalue weighted by Crippen LogP contribution is -2.22. The van der Waals surface area contributed by atoms with Gasteiger partial charge in [0.2, 0.25) is 11.3 Å². The Morgan fingerprint density at radius 2 is 1.72 bits per heavy atom. The number of para-hydroxylation sites is 1. The second kappa shape index (κ2) is 6.20. The van der Waals surface area contributed by atoms with Crippen LogP contribution in [0.1, 0.15) is 0 Å². The molecule has 0 aliphatic carbocycles. The maximum Gasteiger partial charge on any atom is 0.246 e. The van der Waals surface area contributed by atoms with Gasteiger partial charge in [-0.15, -0.1) is 0 Å². The summed E-state index contributed by atoms with van der Waals surface area (Å²) in [4.78, 5) is 24.3. The van der Waals surface area contributed by atoms with Crippen molar-refractivity contribution in [3.8, 4) is 0 Å². The molecule has 0 atom stereocenters. The van der Waals surface area contributed by atoms with Gasteiger partial charge in [0, 0.05) is 11.1 Å². The van der Waals surface area contributed by atoms with Crippen molar-refractivity contribution in [3.05, 3.63) is 83.2 Å². The molecule has 0 unspecified atom stereocenters. The molecule has 4 rings (SSSR count). The molecular weight excluding hydrogens is 314 g/mol. The minimum atomic E-state index is -0.198. The third-order valence-electron chi connectivity index (χ3n) is 4.09. The number of benzene rings is 3. The highest BCUT2D eigenvalue weighted by Gasteiger charge is 2.08. The van der Waals surface area contributed by atoms with Crippen molar-refractivity contribution in [2.24, 2.45) is 0 Å². The maximum absolute atomic E-state index is 12.4. The van der Waals surface area contributed by atoms with Crippen molar-refractivity contribution < 1.29 is 4.79 Å². The average molecular weight is 329 g/mol. The molecule has 1 N–H and O–H groups in total. The van der Waals surface area contributed by atoms with Gasteiger partial charge in [-0.2, -0.15) is 5.10 Å². The van der Waals surface area contributed by atoms with E-state index in [4.69, 9.17) is 0 Å². The molecule has 1 aromatic heterocycles. The van der Waals surface area contributed by atoms with Crippen LogP contribution in [0.2, 0.25) is 0 Å². The predicted octanol–water partition coefficient (Wildman–Crippen LogP) is 3.19. The van der Waals surface area contributed by atoms with E-state index >= 15 is 0 Å². The number of hydrogen-bond donors (Lipinski definition) is 1. The standard InChI is InChI=1S/C20H15N3O2/c24-19-12-21-23(18-8-4-3-7-17(18)19)13-20(25)22-16-10-9-14-5-1-2-6-15(14)11-16/h1-12H,13H2,(H,22,25). The topological polar surface area (TPSA) is 64.0 Å². The molecule has 1 heterocycles. The smallest absolute Gasteiger partial charge is 0.246 e. The Bertz CT molecular complexity index is 1150. The molecule has 25 heavy (non-hydrogen) atoms. The number of aromatic nitrogens is 2. The van der Waals surface area contributed by atoms with Gasteiger partial charge >= 0.3 is 0 Å². The van der Waals surface area contributed by atoms with Crippen molar-refractivity contribution in [1.29, 1.82) is 0 Å². The summed E-state index contributed by atoms with van der Waals surface area (Å²) in [6.07, 6.45) is 1.24. The van der Waals surface area contributed by atoms with E-state index < -0.39 is 0 Å². The van der Waals surface area contributed by atoms with Crippen LogP contribution in [0.5, 0.6) is 0 Å². The molecule has 0 fully saturated rings. The third kappa shape index (κ3) is 2.99. The SMILES string of the molecule is O=C(Cn1ncc(=O)c2ccccc21)Nc1ccc2ccccc2c1. The Balaban J connectivity index is 1.60. The van der Waals surface area contributed by atoms with Crippen molar-refractivity contribution in [2.45, 2.75) is 6.54 Å². The van der Waals surface area contributed by atoms with Crippen molar-refractivity contribution in [1.82, 2.24) is 9.78 Å². The van der Waals surface area contributed by atoms with Gasteiger partial charge < -0.3 is 5.32 Å². The van der Waals surface area contributed by atoms with Crippen LogP contribution in [-0.4, -0.2) is 15.7 Å². The Morgan fingerprint density at radius 1 is 0.960 bits per heavy atom. The van der Waals surface area contributed by atoms with E-state index in [0.29, 0.717) is 10.9 Å². The molecule has 0 aliphatic rings. The molecule has 0 saturated heterocycles. The average Bonchev–Trinajstić information content (AvgIpc) is 2.64. The number of anilines is 1. The van der Waals surface area contributed by atoms with Gasteiger partial charge in [0.25, 0.3) is 0 Å². The normalized spacial score (nSPS) is 10.9. The van der Waals surface area contributed by atoms with Crippen LogP contribution >= 0.6 is 0 Å². The number of nitrogens with zero attached hydrogens (tertiary/aromatic N) is 2. The number of carbonyl (C=O) groups excluding carboxylic acids is 1. The highest BCUT2D eigenvalue weighted by Crippen LogP contribution is 2.19. The zero-order chi connectivity index (χ0) is 17.2. The van der Waals surface area contributed by atoms with Crippen LogP contribution in [0.4, 0.5) is 5.69 Å². The summed E-state index contributed by atoms with van der Waals surface area (Å²) < 4.78 is 1.53. The number of rotatable bonds is 3. The van der Waals surface area contributed by atoms with E-state index in [0.717, 1.165) is 16.5 Å². The van der Waals surface area contributed by atoms with E-state index in [1.807, 2.05) is 48.5 Å². The van der Waals surface area contributed by atoms with E-state index in [1.54, 1.807) is 18.2 Å². The summed E-state index contributed by atoms with van der Waals surface area (Å²) in [6, 6.07) is 20.9. The van der Waals surface area contributed by atoms with Crippen molar-refractivity contribution in [2.75, 3.05) is 5.32 Å². The zero-order valence-corrected chi connectivity index (χ0v) is 13.3. The second-order valence-corrected chi connectivity index (χ2v) is 5.79. The summed E-state index contributed by atoms with van der Waals surface area (Å²) in [5, 5.41) is 9.70. The fourth-order valence-corrected chi connectivity index (χ4v) is 2.89. The Kier molecular flexibility index (Phi) is 3.74. The Morgan fingerprint density at radius 3 is 2.60 bits per heavy atom. The van der Waals surface area contributed by atoms with E-state index in [-0.39, 0.29) is 17.9 Å². The minimum Gasteiger partial charge on any atom is -0.324 e. The number of hydrogen-bond acceptors (Lipinski definition) is 3. The van der Waals surface area contributed by atoms with Gasteiger partial charge in [-0.05, 0) is 35.0 Å². The molecule has 1 amide bonds. The lowest BCUT2D eigenvalue weighted by Gasteiger charge is -2.10.